The van der Waals surface area contributed by atoms with Gasteiger partial charge in [0.15, 0.2) is 0 Å². The van der Waals surface area contributed by atoms with Gasteiger partial charge >= 0.3 is 0 Å². The number of anilines is 2. The van der Waals surface area contributed by atoms with Crippen molar-refractivity contribution in [2.45, 2.75) is 71.2 Å². The number of benzene rings is 1. The second-order valence-electron chi connectivity index (χ2n) is 6.61. The third-order valence-corrected chi connectivity index (χ3v) is 6.71. The van der Waals surface area contributed by atoms with Crippen LogP contribution in [0.3, 0.4) is 0 Å². The molecule has 0 amide bonds. The lowest BCUT2D eigenvalue weighted by molar-refractivity contribution is 0.405. The number of aryl methyl sites for hydroxylation is 2. The van der Waals surface area contributed by atoms with Gasteiger partial charge in [0, 0.05) is 34.1 Å². The second kappa shape index (κ2) is 11.4. The summed E-state index contributed by atoms with van der Waals surface area (Å²) in [6, 6.07) is 5.09. The highest BCUT2D eigenvalue weighted by molar-refractivity contribution is 9.09. The van der Waals surface area contributed by atoms with Gasteiger partial charge in [-0.05, 0) is 62.3 Å². The molecule has 1 rings (SSSR count). The monoisotopic (exact) mass is 460 g/mol. The number of nitrogens with one attached hydrogen (secondary N) is 2. The van der Waals surface area contributed by atoms with Gasteiger partial charge in [-0.15, -0.1) is 0 Å². The van der Waals surface area contributed by atoms with Gasteiger partial charge in [0.05, 0.1) is 0 Å². The highest BCUT2D eigenvalue weighted by Gasteiger charge is 2.24. The maximum atomic E-state index is 3.88. The molecule has 0 aliphatic rings. The van der Waals surface area contributed by atoms with Crippen molar-refractivity contribution in [2.75, 3.05) is 22.5 Å². The van der Waals surface area contributed by atoms with E-state index < -0.39 is 0 Å². The Hall–Kier alpha value is -0.220. The summed E-state index contributed by atoms with van der Waals surface area (Å²) in [7, 11) is 0. The summed E-state index contributed by atoms with van der Waals surface area (Å²) in [5.41, 5.74) is 5.16. The molecule has 2 nitrogen and oxygen atoms in total. The second-order valence-corrected chi connectivity index (χ2v) is 8.58. The summed E-state index contributed by atoms with van der Waals surface area (Å²) >= 11 is 7.37. The lowest BCUT2D eigenvalue weighted by Crippen LogP contribution is -2.34. The molecule has 1 aromatic rings. The highest BCUT2D eigenvalue weighted by Crippen LogP contribution is 2.30. The minimum absolute atomic E-state index is 0.504. The van der Waals surface area contributed by atoms with Gasteiger partial charge in [-0.1, -0.05) is 59.1 Å². The maximum absolute atomic E-state index is 3.88. The number of hydrogen-bond acceptors (Lipinski definition) is 2. The summed E-state index contributed by atoms with van der Waals surface area (Å²) < 4.78 is 0. The third-order valence-electron chi connectivity index (χ3n) is 4.82. The molecular formula is C20H34Br2N2. The van der Waals surface area contributed by atoms with Crippen LogP contribution in [0.5, 0.6) is 0 Å². The van der Waals surface area contributed by atoms with Gasteiger partial charge in [0.1, 0.15) is 0 Å². The van der Waals surface area contributed by atoms with Crippen LogP contribution in [0.4, 0.5) is 11.4 Å². The fourth-order valence-electron chi connectivity index (χ4n) is 3.26. The van der Waals surface area contributed by atoms with Crippen molar-refractivity contribution in [1.29, 1.82) is 0 Å². The Morgan fingerprint density at radius 2 is 1.58 bits per heavy atom. The molecule has 0 aromatic heterocycles. The molecule has 4 heteroatoms. The van der Waals surface area contributed by atoms with Crippen molar-refractivity contribution in [2.24, 2.45) is 5.92 Å². The van der Waals surface area contributed by atoms with E-state index >= 15 is 0 Å². The van der Waals surface area contributed by atoms with E-state index in [-0.39, 0.29) is 0 Å². The molecule has 0 saturated carbocycles. The van der Waals surface area contributed by atoms with E-state index in [9.17, 15) is 0 Å². The molecule has 0 radical (unpaired) electrons. The van der Waals surface area contributed by atoms with Crippen LogP contribution in [0, 0.1) is 19.8 Å². The third kappa shape index (κ3) is 6.25. The molecular weight excluding hydrogens is 428 g/mol. The zero-order valence-electron chi connectivity index (χ0n) is 15.9. The van der Waals surface area contributed by atoms with Crippen LogP contribution < -0.4 is 10.6 Å². The van der Waals surface area contributed by atoms with Crippen LogP contribution >= 0.6 is 31.9 Å². The molecule has 0 saturated heterocycles. The van der Waals surface area contributed by atoms with Crippen molar-refractivity contribution in [1.82, 2.24) is 0 Å². The van der Waals surface area contributed by atoms with E-state index in [0.717, 1.165) is 24.7 Å². The molecule has 0 aliphatic heterocycles. The average Bonchev–Trinajstić information content (AvgIpc) is 2.58. The molecule has 0 fully saturated rings. The first-order valence-electron chi connectivity index (χ1n) is 9.30. The minimum Gasteiger partial charge on any atom is -0.385 e. The van der Waals surface area contributed by atoms with E-state index in [2.05, 4.69) is 89.2 Å². The zero-order valence-corrected chi connectivity index (χ0v) is 19.1. The first-order chi connectivity index (χ1) is 11.5. The van der Waals surface area contributed by atoms with Gasteiger partial charge in [-0.25, -0.2) is 0 Å². The molecule has 3 unspecified atom stereocenters. The lowest BCUT2D eigenvalue weighted by atomic mass is 9.90. The normalized spacial score (nSPS) is 15.0. The Morgan fingerprint density at radius 1 is 0.958 bits per heavy atom. The summed E-state index contributed by atoms with van der Waals surface area (Å²) in [4.78, 5) is 0.576. The molecule has 0 bridgehead atoms. The summed E-state index contributed by atoms with van der Waals surface area (Å²) in [5, 5.41) is 8.42. The fourth-order valence-corrected chi connectivity index (χ4v) is 4.28. The van der Waals surface area contributed by atoms with Crippen LogP contribution in [0.25, 0.3) is 0 Å². The van der Waals surface area contributed by atoms with Gasteiger partial charge in [0.25, 0.3) is 0 Å². The summed E-state index contributed by atoms with van der Waals surface area (Å²) in [6.45, 7) is 12.3. The van der Waals surface area contributed by atoms with E-state index in [1.807, 2.05) is 0 Å². The molecule has 24 heavy (non-hydrogen) atoms. The van der Waals surface area contributed by atoms with Crippen molar-refractivity contribution in [3.8, 4) is 0 Å². The number of halogens is 2. The van der Waals surface area contributed by atoms with Crippen molar-refractivity contribution < 1.29 is 0 Å². The summed E-state index contributed by atoms with van der Waals surface area (Å²) in [5.74, 6) is 0.649. The number of hydrogen-bond donors (Lipinski definition) is 2. The van der Waals surface area contributed by atoms with E-state index in [4.69, 9.17) is 0 Å². The van der Waals surface area contributed by atoms with Crippen molar-refractivity contribution in [3.05, 3.63) is 23.3 Å². The Bertz CT molecular complexity index is 491. The molecule has 0 heterocycles. The van der Waals surface area contributed by atoms with Gasteiger partial charge in [0.2, 0.25) is 0 Å². The van der Waals surface area contributed by atoms with Crippen LogP contribution in [-0.2, 0) is 0 Å². The Balaban J connectivity index is 2.90. The predicted octanol–water partition coefficient (Wildman–Crippen LogP) is 6.89. The largest absolute Gasteiger partial charge is 0.385 e. The van der Waals surface area contributed by atoms with Crippen LogP contribution in [0.1, 0.15) is 57.6 Å². The van der Waals surface area contributed by atoms with Crippen LogP contribution in [0.2, 0.25) is 0 Å². The Kier molecular flexibility index (Phi) is 10.4. The predicted molar refractivity (Wildman–Crippen MR) is 117 cm³/mol. The quantitative estimate of drug-likeness (QED) is 0.277. The van der Waals surface area contributed by atoms with E-state index in [0.29, 0.717) is 16.8 Å². The zero-order chi connectivity index (χ0) is 18.1. The molecule has 3 atom stereocenters. The molecule has 2 N–H and O–H groups in total. The van der Waals surface area contributed by atoms with Crippen LogP contribution in [-0.4, -0.2) is 22.7 Å². The fraction of sp³-hybridized carbons (Fsp3) is 0.700. The average molecular weight is 462 g/mol. The molecule has 0 spiro atoms. The van der Waals surface area contributed by atoms with Gasteiger partial charge < -0.3 is 10.6 Å². The SMILES string of the molecule is CCC(Br)C(CC)C(CC)Nc1cc(C)c(NCCCBr)cc1C. The molecule has 0 aliphatic carbocycles. The number of rotatable bonds is 11. The number of alkyl halides is 2. The van der Waals surface area contributed by atoms with Crippen LogP contribution in [0.15, 0.2) is 12.1 Å². The lowest BCUT2D eigenvalue weighted by Gasteiger charge is -2.31. The van der Waals surface area contributed by atoms with E-state index in [1.165, 1.54) is 35.3 Å². The minimum atomic E-state index is 0.504. The first kappa shape index (κ1) is 21.8. The van der Waals surface area contributed by atoms with Gasteiger partial charge in [-0.2, -0.15) is 0 Å². The summed E-state index contributed by atoms with van der Waals surface area (Å²) in [6.07, 6.45) is 4.65. The smallest absolute Gasteiger partial charge is 0.0376 e. The Morgan fingerprint density at radius 3 is 2.12 bits per heavy atom. The van der Waals surface area contributed by atoms with Crippen molar-refractivity contribution >= 4 is 43.2 Å². The van der Waals surface area contributed by atoms with E-state index in [1.54, 1.807) is 0 Å². The maximum Gasteiger partial charge on any atom is 0.0376 e. The topological polar surface area (TPSA) is 24.1 Å². The van der Waals surface area contributed by atoms with Crippen molar-refractivity contribution in [3.63, 3.8) is 0 Å². The standard InChI is InChI=1S/C20H34Br2N2/c1-6-16(17(22)7-2)18(8-3)24-20-13-14(4)19(12-15(20)5)23-11-9-10-21/h12-13,16-18,23-24H,6-11H2,1-5H3. The molecule has 1 aromatic carbocycles. The van der Waals surface area contributed by atoms with Gasteiger partial charge in [-0.3, -0.25) is 0 Å². The molecule has 138 valence electrons. The highest BCUT2D eigenvalue weighted by atomic mass is 79.9. The first-order valence-corrected chi connectivity index (χ1v) is 11.3. The Labute approximate surface area is 165 Å².